The third-order valence-electron chi connectivity index (χ3n) is 2.00. The van der Waals surface area contributed by atoms with Crippen LogP contribution in [0, 0.1) is 5.82 Å². The molecule has 1 aromatic carbocycles. The van der Waals surface area contributed by atoms with Gasteiger partial charge in [0.15, 0.2) is 0 Å². The second-order valence-electron chi connectivity index (χ2n) is 2.92. The predicted octanol–water partition coefficient (Wildman–Crippen LogP) is 1.12. The summed E-state index contributed by atoms with van der Waals surface area (Å²) < 4.78 is 17.9. The van der Waals surface area contributed by atoms with Gasteiger partial charge in [-0.2, -0.15) is 0 Å². The molecule has 0 bridgehead atoms. The number of rotatable bonds is 0. The Morgan fingerprint density at radius 3 is 3.00 bits per heavy atom. The van der Waals surface area contributed by atoms with E-state index in [0.717, 1.165) is 6.07 Å². The van der Waals surface area contributed by atoms with Crippen molar-refractivity contribution in [1.29, 1.82) is 0 Å². The van der Waals surface area contributed by atoms with E-state index in [1.54, 1.807) is 6.07 Å². The fraction of sp³-hybridized carbons (Fsp3) is 0.222. The highest BCUT2D eigenvalue weighted by Gasteiger charge is 2.22. The molecule has 0 fully saturated rings. The molecule has 0 aromatic heterocycles. The van der Waals surface area contributed by atoms with Gasteiger partial charge in [0.25, 0.3) is 0 Å². The highest BCUT2D eigenvalue weighted by Crippen LogP contribution is 2.22. The summed E-state index contributed by atoms with van der Waals surface area (Å²) in [6.45, 7) is 0.300. The monoisotopic (exact) mass is 181 g/mol. The lowest BCUT2D eigenvalue weighted by molar-refractivity contribution is 0.0474. The van der Waals surface area contributed by atoms with E-state index in [2.05, 4.69) is 0 Å². The van der Waals surface area contributed by atoms with E-state index in [4.69, 9.17) is 10.5 Å². The average molecular weight is 181 g/mol. The van der Waals surface area contributed by atoms with Crippen LogP contribution in [0.25, 0.3) is 0 Å². The zero-order valence-electron chi connectivity index (χ0n) is 6.84. The lowest BCUT2D eigenvalue weighted by Crippen LogP contribution is -2.19. The van der Waals surface area contributed by atoms with Crippen LogP contribution in [-0.2, 0) is 11.2 Å². The van der Waals surface area contributed by atoms with Crippen molar-refractivity contribution in [3.8, 4) is 0 Å². The first-order valence-corrected chi connectivity index (χ1v) is 3.93. The standard InChI is InChI=1S/C9H8FNO2/c10-7-4-6(11)3-5-1-2-13-9(12)8(5)7/h3-4H,1-2,11H2. The summed E-state index contributed by atoms with van der Waals surface area (Å²) in [5, 5.41) is 0. The Hall–Kier alpha value is -1.58. The zero-order chi connectivity index (χ0) is 9.42. The van der Waals surface area contributed by atoms with Crippen molar-refractivity contribution in [3.63, 3.8) is 0 Å². The van der Waals surface area contributed by atoms with Crippen molar-refractivity contribution >= 4 is 11.7 Å². The van der Waals surface area contributed by atoms with Gasteiger partial charge in [0.05, 0.1) is 12.2 Å². The zero-order valence-corrected chi connectivity index (χ0v) is 6.84. The molecule has 0 unspecified atom stereocenters. The highest BCUT2D eigenvalue weighted by atomic mass is 19.1. The molecule has 0 saturated carbocycles. The maximum absolute atomic E-state index is 13.2. The van der Waals surface area contributed by atoms with Gasteiger partial charge in [-0.05, 0) is 17.7 Å². The Kier molecular flexibility index (Phi) is 1.69. The SMILES string of the molecule is Nc1cc(F)c2c(c1)CCOC2=O. The van der Waals surface area contributed by atoms with E-state index in [-0.39, 0.29) is 5.56 Å². The minimum absolute atomic E-state index is 0.0282. The lowest BCUT2D eigenvalue weighted by atomic mass is 10.0. The molecule has 3 nitrogen and oxygen atoms in total. The van der Waals surface area contributed by atoms with Gasteiger partial charge in [-0.15, -0.1) is 0 Å². The predicted molar refractivity (Wildman–Crippen MR) is 44.8 cm³/mol. The first-order valence-electron chi connectivity index (χ1n) is 3.93. The van der Waals surface area contributed by atoms with E-state index in [1.165, 1.54) is 0 Å². The van der Waals surface area contributed by atoms with Crippen molar-refractivity contribution in [2.75, 3.05) is 12.3 Å². The smallest absolute Gasteiger partial charge is 0.341 e. The van der Waals surface area contributed by atoms with Crippen molar-refractivity contribution in [2.45, 2.75) is 6.42 Å². The van der Waals surface area contributed by atoms with Crippen molar-refractivity contribution in [1.82, 2.24) is 0 Å². The van der Waals surface area contributed by atoms with Gasteiger partial charge in [-0.1, -0.05) is 0 Å². The Morgan fingerprint density at radius 2 is 2.23 bits per heavy atom. The van der Waals surface area contributed by atoms with E-state index >= 15 is 0 Å². The number of carbonyl (C=O) groups excluding carboxylic acids is 1. The van der Waals surface area contributed by atoms with Gasteiger partial charge in [0.2, 0.25) is 0 Å². The van der Waals surface area contributed by atoms with Gasteiger partial charge in [-0.3, -0.25) is 0 Å². The third kappa shape index (κ3) is 1.24. The van der Waals surface area contributed by atoms with E-state index in [0.29, 0.717) is 24.3 Å². The summed E-state index contributed by atoms with van der Waals surface area (Å²) >= 11 is 0. The number of esters is 1. The number of nitrogens with two attached hydrogens (primary N) is 1. The number of hydrogen-bond acceptors (Lipinski definition) is 3. The molecule has 1 aliphatic rings. The van der Waals surface area contributed by atoms with Crippen LogP contribution in [0.15, 0.2) is 12.1 Å². The normalized spacial score (nSPS) is 15.0. The molecule has 1 heterocycles. The van der Waals surface area contributed by atoms with E-state index in [1.807, 2.05) is 0 Å². The van der Waals surface area contributed by atoms with Gasteiger partial charge >= 0.3 is 5.97 Å². The van der Waals surface area contributed by atoms with Crippen LogP contribution in [0.3, 0.4) is 0 Å². The fourth-order valence-corrected chi connectivity index (χ4v) is 1.44. The van der Waals surface area contributed by atoms with Gasteiger partial charge in [0, 0.05) is 12.1 Å². The average Bonchev–Trinajstić information content (AvgIpc) is 2.02. The molecule has 68 valence electrons. The quantitative estimate of drug-likeness (QED) is 0.482. The molecule has 0 saturated heterocycles. The van der Waals surface area contributed by atoms with Crippen LogP contribution in [0.5, 0.6) is 0 Å². The number of anilines is 1. The number of cyclic esters (lactones) is 1. The van der Waals surface area contributed by atoms with Crippen molar-refractivity contribution < 1.29 is 13.9 Å². The molecule has 0 spiro atoms. The molecule has 2 rings (SSSR count). The number of halogens is 1. The summed E-state index contributed by atoms with van der Waals surface area (Å²) in [6.07, 6.45) is 0.531. The molecule has 0 radical (unpaired) electrons. The van der Waals surface area contributed by atoms with Crippen LogP contribution in [0.4, 0.5) is 10.1 Å². The summed E-state index contributed by atoms with van der Waals surface area (Å²) in [6, 6.07) is 2.74. The maximum Gasteiger partial charge on any atom is 0.341 e. The van der Waals surface area contributed by atoms with Crippen LogP contribution in [-0.4, -0.2) is 12.6 Å². The Morgan fingerprint density at radius 1 is 1.46 bits per heavy atom. The maximum atomic E-state index is 13.2. The van der Waals surface area contributed by atoms with Crippen LogP contribution in [0.1, 0.15) is 15.9 Å². The molecule has 4 heteroatoms. The largest absolute Gasteiger partial charge is 0.462 e. The minimum atomic E-state index is -0.598. The molecule has 0 atom stereocenters. The first-order chi connectivity index (χ1) is 6.18. The Labute approximate surface area is 74.3 Å². The number of fused-ring (bicyclic) bond motifs is 1. The van der Waals surface area contributed by atoms with Crippen LogP contribution in [0.2, 0.25) is 0 Å². The Bertz CT molecular complexity index is 376. The van der Waals surface area contributed by atoms with E-state index in [9.17, 15) is 9.18 Å². The molecule has 1 aromatic rings. The highest BCUT2D eigenvalue weighted by molar-refractivity contribution is 5.92. The van der Waals surface area contributed by atoms with Gasteiger partial charge in [-0.25, -0.2) is 9.18 Å². The second kappa shape index (κ2) is 2.73. The molecular weight excluding hydrogens is 173 g/mol. The molecule has 0 aliphatic carbocycles. The third-order valence-corrected chi connectivity index (χ3v) is 2.00. The molecule has 13 heavy (non-hydrogen) atoms. The van der Waals surface area contributed by atoms with Gasteiger partial charge < -0.3 is 10.5 Å². The first kappa shape index (κ1) is 8.04. The summed E-state index contributed by atoms with van der Waals surface area (Å²) in [5.41, 5.74) is 6.44. The van der Waals surface area contributed by atoms with Crippen molar-refractivity contribution in [3.05, 3.63) is 29.1 Å². The minimum Gasteiger partial charge on any atom is -0.462 e. The molecule has 0 amide bonds. The number of hydrogen-bond donors (Lipinski definition) is 1. The van der Waals surface area contributed by atoms with E-state index < -0.39 is 11.8 Å². The summed E-state index contributed by atoms with van der Waals surface area (Å²) in [7, 11) is 0. The number of ether oxygens (including phenoxy) is 1. The number of nitrogen functional groups attached to an aromatic ring is 1. The van der Waals surface area contributed by atoms with Crippen molar-refractivity contribution in [2.24, 2.45) is 0 Å². The fourth-order valence-electron chi connectivity index (χ4n) is 1.44. The topological polar surface area (TPSA) is 52.3 Å². The second-order valence-corrected chi connectivity index (χ2v) is 2.92. The van der Waals surface area contributed by atoms with Crippen LogP contribution >= 0.6 is 0 Å². The lowest BCUT2D eigenvalue weighted by Gasteiger charge is -2.16. The molecule has 1 aliphatic heterocycles. The van der Waals surface area contributed by atoms with Crippen LogP contribution < -0.4 is 5.73 Å². The summed E-state index contributed by atoms with van der Waals surface area (Å²) in [4.78, 5) is 11.1. The molecule has 2 N–H and O–H groups in total. The van der Waals surface area contributed by atoms with Gasteiger partial charge in [0.1, 0.15) is 5.82 Å². The summed E-state index contributed by atoms with van der Waals surface area (Å²) in [5.74, 6) is -1.20. The number of carbonyl (C=O) groups is 1. The molecular formula is C9H8FNO2. The Balaban J connectivity index is 2.63. The number of benzene rings is 1.